The van der Waals surface area contributed by atoms with E-state index < -0.39 is 0 Å². The van der Waals surface area contributed by atoms with Gasteiger partial charge in [0, 0.05) is 32.0 Å². The fraction of sp³-hybridized carbons (Fsp3) is 0.600. The Kier molecular flexibility index (Phi) is 7.77. The highest BCUT2D eigenvalue weighted by Gasteiger charge is 2.28. The standard InChI is InChI=1S/C15H25N5.HI/c1-4-7-18-15(17-5-2)19-9-6-13(3)14(11-19)20-10-8-16-12-20;/h4,8,10,12-14H,1,5-7,9,11H2,2-3H3,(H,17,18);1H. The topological polar surface area (TPSA) is 45.5 Å². The van der Waals surface area contributed by atoms with Crippen molar-refractivity contribution in [2.45, 2.75) is 26.3 Å². The molecule has 1 aliphatic heterocycles. The minimum Gasteiger partial charge on any atom is -0.357 e. The smallest absolute Gasteiger partial charge is 0.194 e. The van der Waals surface area contributed by atoms with Crippen LogP contribution in [0.15, 0.2) is 36.4 Å². The number of aromatic nitrogens is 2. The van der Waals surface area contributed by atoms with Crippen LogP contribution in [0.3, 0.4) is 0 Å². The first kappa shape index (κ1) is 18.0. The van der Waals surface area contributed by atoms with Crippen LogP contribution in [-0.4, -0.2) is 46.6 Å². The predicted molar refractivity (Wildman–Crippen MR) is 98.2 cm³/mol. The molecule has 0 spiro atoms. The summed E-state index contributed by atoms with van der Waals surface area (Å²) < 4.78 is 2.22. The van der Waals surface area contributed by atoms with Crippen LogP contribution in [-0.2, 0) is 0 Å². The molecule has 6 heteroatoms. The fourth-order valence-corrected chi connectivity index (χ4v) is 2.67. The Balaban J connectivity index is 0.00000220. The molecule has 2 atom stereocenters. The Morgan fingerprint density at radius 1 is 1.57 bits per heavy atom. The number of piperidine rings is 1. The maximum atomic E-state index is 4.58. The summed E-state index contributed by atoms with van der Waals surface area (Å²) in [4.78, 5) is 11.1. The van der Waals surface area contributed by atoms with Gasteiger partial charge in [0.1, 0.15) is 0 Å². The van der Waals surface area contributed by atoms with E-state index in [0.29, 0.717) is 18.5 Å². The number of halogens is 1. The molecule has 1 aromatic heterocycles. The van der Waals surface area contributed by atoms with E-state index in [2.05, 4.69) is 51.4 Å². The number of aliphatic imine (C=N–C) groups is 1. The summed E-state index contributed by atoms with van der Waals surface area (Å²) >= 11 is 0. The molecule has 0 bridgehead atoms. The van der Waals surface area contributed by atoms with Gasteiger partial charge in [-0.15, -0.1) is 30.6 Å². The van der Waals surface area contributed by atoms with Crippen LogP contribution in [0.5, 0.6) is 0 Å². The molecular formula is C15H26IN5. The number of hydrogen-bond donors (Lipinski definition) is 1. The van der Waals surface area contributed by atoms with Crippen molar-refractivity contribution in [2.24, 2.45) is 10.9 Å². The molecule has 1 aliphatic rings. The molecule has 1 aromatic rings. The zero-order valence-electron chi connectivity index (χ0n) is 12.9. The Hall–Kier alpha value is -1.05. The lowest BCUT2D eigenvalue weighted by Gasteiger charge is -2.39. The van der Waals surface area contributed by atoms with Gasteiger partial charge in [-0.25, -0.2) is 9.98 Å². The van der Waals surface area contributed by atoms with Crippen LogP contribution in [0.1, 0.15) is 26.3 Å². The Bertz CT molecular complexity index is 443. The van der Waals surface area contributed by atoms with Gasteiger partial charge >= 0.3 is 0 Å². The third kappa shape index (κ3) is 4.72. The lowest BCUT2D eigenvalue weighted by molar-refractivity contribution is 0.189. The second kappa shape index (κ2) is 9.07. The highest BCUT2D eigenvalue weighted by Crippen LogP contribution is 2.27. The summed E-state index contributed by atoms with van der Waals surface area (Å²) in [5.41, 5.74) is 0. The molecule has 0 aromatic carbocycles. The molecule has 0 amide bonds. The lowest BCUT2D eigenvalue weighted by atomic mass is 9.93. The first-order valence-electron chi connectivity index (χ1n) is 7.37. The molecule has 1 N–H and O–H groups in total. The molecule has 2 rings (SSSR count). The molecule has 2 unspecified atom stereocenters. The number of nitrogens with one attached hydrogen (secondary N) is 1. The highest BCUT2D eigenvalue weighted by molar-refractivity contribution is 14.0. The maximum absolute atomic E-state index is 4.58. The maximum Gasteiger partial charge on any atom is 0.194 e. The van der Waals surface area contributed by atoms with Gasteiger partial charge in [0.15, 0.2) is 5.96 Å². The van der Waals surface area contributed by atoms with Gasteiger partial charge < -0.3 is 14.8 Å². The quantitative estimate of drug-likeness (QED) is 0.364. The van der Waals surface area contributed by atoms with Crippen LogP contribution in [0.4, 0.5) is 0 Å². The molecule has 5 nitrogen and oxygen atoms in total. The number of hydrogen-bond acceptors (Lipinski definition) is 2. The zero-order valence-corrected chi connectivity index (χ0v) is 15.2. The monoisotopic (exact) mass is 403 g/mol. The van der Waals surface area contributed by atoms with E-state index in [1.54, 1.807) is 0 Å². The number of rotatable bonds is 4. The van der Waals surface area contributed by atoms with Gasteiger partial charge in [0.05, 0.1) is 18.9 Å². The number of guanidine groups is 1. The lowest BCUT2D eigenvalue weighted by Crippen LogP contribution is -2.49. The summed E-state index contributed by atoms with van der Waals surface area (Å²) in [6, 6.07) is 0.457. The molecule has 0 aliphatic carbocycles. The molecular weight excluding hydrogens is 377 g/mol. The Morgan fingerprint density at radius 2 is 2.38 bits per heavy atom. The molecule has 0 saturated carbocycles. The van der Waals surface area contributed by atoms with E-state index >= 15 is 0 Å². The molecule has 21 heavy (non-hydrogen) atoms. The van der Waals surface area contributed by atoms with Crippen LogP contribution >= 0.6 is 24.0 Å². The van der Waals surface area contributed by atoms with E-state index in [4.69, 9.17) is 0 Å². The second-order valence-electron chi connectivity index (χ2n) is 5.27. The van der Waals surface area contributed by atoms with Crippen LogP contribution in [0.2, 0.25) is 0 Å². The minimum atomic E-state index is 0. The van der Waals surface area contributed by atoms with Gasteiger partial charge in [-0.2, -0.15) is 0 Å². The minimum absolute atomic E-state index is 0. The average Bonchev–Trinajstić information content (AvgIpc) is 2.98. The van der Waals surface area contributed by atoms with Gasteiger partial charge in [0.2, 0.25) is 0 Å². The van der Waals surface area contributed by atoms with Crippen molar-refractivity contribution in [1.82, 2.24) is 19.8 Å². The van der Waals surface area contributed by atoms with Crippen molar-refractivity contribution in [3.05, 3.63) is 31.4 Å². The predicted octanol–water partition coefficient (Wildman–Crippen LogP) is 2.54. The third-order valence-corrected chi connectivity index (χ3v) is 3.83. The summed E-state index contributed by atoms with van der Waals surface area (Å²) in [6.45, 7) is 11.7. The summed E-state index contributed by atoms with van der Waals surface area (Å²) in [7, 11) is 0. The van der Waals surface area contributed by atoms with Crippen LogP contribution < -0.4 is 5.32 Å². The average molecular weight is 403 g/mol. The SMILES string of the molecule is C=CCN=C(NCC)N1CCC(C)C(n2ccnc2)C1.I. The molecule has 118 valence electrons. The van der Waals surface area contributed by atoms with E-state index in [0.717, 1.165) is 25.6 Å². The van der Waals surface area contributed by atoms with Crippen molar-refractivity contribution < 1.29 is 0 Å². The normalized spacial score (nSPS) is 22.6. The summed E-state index contributed by atoms with van der Waals surface area (Å²) in [5.74, 6) is 1.65. The molecule has 1 saturated heterocycles. The van der Waals surface area contributed by atoms with Crippen molar-refractivity contribution >= 4 is 29.9 Å². The first-order valence-corrected chi connectivity index (χ1v) is 7.37. The van der Waals surface area contributed by atoms with E-state index in [9.17, 15) is 0 Å². The first-order chi connectivity index (χ1) is 9.76. The van der Waals surface area contributed by atoms with Crippen LogP contribution in [0.25, 0.3) is 0 Å². The van der Waals surface area contributed by atoms with Crippen molar-refractivity contribution in [2.75, 3.05) is 26.2 Å². The van der Waals surface area contributed by atoms with Crippen molar-refractivity contribution in [1.29, 1.82) is 0 Å². The van der Waals surface area contributed by atoms with Gasteiger partial charge in [0.25, 0.3) is 0 Å². The number of imidazole rings is 1. The van der Waals surface area contributed by atoms with Crippen molar-refractivity contribution in [3.8, 4) is 0 Å². The molecule has 1 fully saturated rings. The third-order valence-electron chi connectivity index (χ3n) is 3.83. The van der Waals surface area contributed by atoms with Crippen molar-refractivity contribution in [3.63, 3.8) is 0 Å². The largest absolute Gasteiger partial charge is 0.357 e. The molecule has 2 heterocycles. The second-order valence-corrected chi connectivity index (χ2v) is 5.27. The number of nitrogens with zero attached hydrogens (tertiary/aromatic N) is 4. The van der Waals surface area contributed by atoms with E-state index in [-0.39, 0.29) is 24.0 Å². The highest BCUT2D eigenvalue weighted by atomic mass is 127. The summed E-state index contributed by atoms with van der Waals surface area (Å²) in [6.07, 6.45) is 8.82. The van der Waals surface area contributed by atoms with E-state index in [1.165, 1.54) is 6.42 Å². The Morgan fingerprint density at radius 3 is 3.00 bits per heavy atom. The van der Waals surface area contributed by atoms with Gasteiger partial charge in [-0.1, -0.05) is 13.0 Å². The van der Waals surface area contributed by atoms with Gasteiger partial charge in [-0.05, 0) is 19.3 Å². The van der Waals surface area contributed by atoms with Crippen LogP contribution in [0, 0.1) is 5.92 Å². The fourth-order valence-electron chi connectivity index (χ4n) is 2.67. The van der Waals surface area contributed by atoms with Gasteiger partial charge in [-0.3, -0.25) is 0 Å². The Labute approximate surface area is 144 Å². The zero-order chi connectivity index (χ0) is 14.4. The molecule has 0 radical (unpaired) electrons. The summed E-state index contributed by atoms with van der Waals surface area (Å²) in [5, 5.41) is 3.37. The van der Waals surface area contributed by atoms with E-state index in [1.807, 2.05) is 18.6 Å². The number of likely N-dealkylation sites (tertiary alicyclic amines) is 1.